The Morgan fingerprint density at radius 3 is 2.41 bits per heavy atom. The molecule has 1 N–H and O–H groups in total. The van der Waals surface area contributed by atoms with E-state index in [9.17, 15) is 9.18 Å². The van der Waals surface area contributed by atoms with Gasteiger partial charge in [-0.25, -0.2) is 9.07 Å². The third-order valence-corrected chi connectivity index (χ3v) is 5.17. The number of benzene rings is 2. The van der Waals surface area contributed by atoms with Crippen LogP contribution in [-0.2, 0) is 4.79 Å². The van der Waals surface area contributed by atoms with Crippen molar-refractivity contribution in [3.05, 3.63) is 83.9 Å². The molecule has 2 aromatic carbocycles. The number of thioether (sulfide) groups is 1. The highest BCUT2D eigenvalue weighted by molar-refractivity contribution is 7.99. The lowest BCUT2D eigenvalue weighted by atomic mass is 10.2. The molecule has 0 unspecified atom stereocenters. The summed E-state index contributed by atoms with van der Waals surface area (Å²) in [6, 6.07) is 16.7. The van der Waals surface area contributed by atoms with E-state index in [1.807, 2.05) is 24.5 Å². The molecule has 1 amide bonds. The number of amides is 1. The third-order valence-electron chi connectivity index (χ3n) is 3.99. The molecule has 146 valence electrons. The first-order valence-electron chi connectivity index (χ1n) is 8.63. The minimum absolute atomic E-state index is 0.144. The molecular weight excluding hydrogens is 413 g/mol. The van der Waals surface area contributed by atoms with Gasteiger partial charge in [0.25, 0.3) is 0 Å². The summed E-state index contributed by atoms with van der Waals surface area (Å²) in [5.74, 6) is 0.185. The van der Waals surface area contributed by atoms with E-state index in [-0.39, 0.29) is 17.5 Å². The highest BCUT2D eigenvalue weighted by atomic mass is 35.5. The van der Waals surface area contributed by atoms with Crippen molar-refractivity contribution in [1.82, 2.24) is 19.5 Å². The molecule has 0 saturated carbocycles. The van der Waals surface area contributed by atoms with Gasteiger partial charge in [0, 0.05) is 28.7 Å². The minimum atomic E-state index is -0.325. The van der Waals surface area contributed by atoms with Gasteiger partial charge in [0.1, 0.15) is 5.82 Å². The molecular formula is C20H15ClFN5OS. The normalized spacial score (nSPS) is 10.8. The molecule has 4 aromatic rings. The van der Waals surface area contributed by atoms with Gasteiger partial charge in [-0.1, -0.05) is 23.4 Å². The van der Waals surface area contributed by atoms with Gasteiger partial charge >= 0.3 is 0 Å². The molecule has 4 rings (SSSR count). The quantitative estimate of drug-likeness (QED) is 0.457. The first-order valence-corrected chi connectivity index (χ1v) is 10.00. The van der Waals surface area contributed by atoms with Crippen molar-refractivity contribution in [2.75, 3.05) is 11.1 Å². The van der Waals surface area contributed by atoms with Gasteiger partial charge < -0.3 is 5.32 Å². The van der Waals surface area contributed by atoms with E-state index in [1.165, 1.54) is 23.9 Å². The molecule has 29 heavy (non-hydrogen) atoms. The third kappa shape index (κ3) is 4.49. The van der Waals surface area contributed by atoms with E-state index in [4.69, 9.17) is 11.6 Å². The second-order valence-corrected chi connectivity index (χ2v) is 7.41. The molecule has 6 nitrogen and oxygen atoms in total. The first kappa shape index (κ1) is 19.2. The second-order valence-electron chi connectivity index (χ2n) is 6.03. The lowest BCUT2D eigenvalue weighted by molar-refractivity contribution is -0.113. The van der Waals surface area contributed by atoms with Crippen LogP contribution in [0.5, 0.6) is 0 Å². The van der Waals surface area contributed by atoms with Crippen LogP contribution < -0.4 is 5.32 Å². The summed E-state index contributed by atoms with van der Waals surface area (Å²) < 4.78 is 16.9. The van der Waals surface area contributed by atoms with E-state index < -0.39 is 0 Å². The first-order chi connectivity index (χ1) is 14.1. The fourth-order valence-corrected chi connectivity index (χ4v) is 3.52. The maximum Gasteiger partial charge on any atom is 0.234 e. The fraction of sp³-hybridized carbons (Fsp3) is 0.0500. The summed E-state index contributed by atoms with van der Waals surface area (Å²) in [6.45, 7) is 0. The summed E-state index contributed by atoms with van der Waals surface area (Å²) in [7, 11) is 0. The molecule has 0 saturated heterocycles. The summed E-state index contributed by atoms with van der Waals surface area (Å²) in [4.78, 5) is 12.3. The van der Waals surface area contributed by atoms with E-state index in [0.29, 0.717) is 27.3 Å². The highest BCUT2D eigenvalue weighted by Gasteiger charge is 2.17. The lowest BCUT2D eigenvalue weighted by Crippen LogP contribution is -2.15. The number of rotatable bonds is 6. The van der Waals surface area contributed by atoms with Crippen LogP contribution in [0.25, 0.3) is 11.4 Å². The Kier molecular flexibility index (Phi) is 5.64. The summed E-state index contributed by atoms with van der Waals surface area (Å²) in [5, 5.41) is 12.4. The monoisotopic (exact) mass is 427 g/mol. The fourth-order valence-electron chi connectivity index (χ4n) is 2.66. The van der Waals surface area contributed by atoms with Crippen LogP contribution in [0.4, 0.5) is 10.1 Å². The number of carbonyl (C=O) groups excluding carboxylic acids is 1. The minimum Gasteiger partial charge on any atom is -0.325 e. The van der Waals surface area contributed by atoms with Gasteiger partial charge in [0.05, 0.1) is 5.75 Å². The van der Waals surface area contributed by atoms with Crippen molar-refractivity contribution >= 4 is 35.0 Å². The lowest BCUT2D eigenvalue weighted by Gasteiger charge is -2.11. The molecule has 0 bridgehead atoms. The van der Waals surface area contributed by atoms with Crippen LogP contribution in [0.15, 0.2) is 78.2 Å². The van der Waals surface area contributed by atoms with Crippen molar-refractivity contribution in [2.24, 2.45) is 0 Å². The predicted octanol–water partition coefficient (Wildman–Crippen LogP) is 4.58. The number of hydrogen-bond acceptors (Lipinski definition) is 4. The van der Waals surface area contributed by atoms with Crippen LogP contribution in [0, 0.1) is 5.82 Å². The van der Waals surface area contributed by atoms with Crippen molar-refractivity contribution < 1.29 is 9.18 Å². The van der Waals surface area contributed by atoms with Crippen LogP contribution in [0.3, 0.4) is 0 Å². The molecule has 0 spiro atoms. The van der Waals surface area contributed by atoms with Gasteiger partial charge in [0.2, 0.25) is 11.1 Å². The molecule has 0 aliphatic carbocycles. The number of carbonyl (C=O) groups is 1. The summed E-state index contributed by atoms with van der Waals surface area (Å²) in [6.07, 6.45) is 3.68. The van der Waals surface area contributed by atoms with Gasteiger partial charge in [-0.15, -0.1) is 10.2 Å². The maximum absolute atomic E-state index is 13.3. The Bertz CT molecular complexity index is 1110. The van der Waals surface area contributed by atoms with Gasteiger partial charge in [-0.2, -0.15) is 0 Å². The average Bonchev–Trinajstić information content (AvgIpc) is 3.38. The summed E-state index contributed by atoms with van der Waals surface area (Å²) >= 11 is 7.11. The van der Waals surface area contributed by atoms with Crippen LogP contribution in [0.1, 0.15) is 0 Å². The van der Waals surface area contributed by atoms with Crippen molar-refractivity contribution in [1.29, 1.82) is 0 Å². The number of aromatic nitrogens is 4. The molecule has 0 fully saturated rings. The topological polar surface area (TPSA) is 64.7 Å². The van der Waals surface area contributed by atoms with E-state index in [2.05, 4.69) is 15.5 Å². The molecule has 0 aliphatic heterocycles. The highest BCUT2D eigenvalue weighted by Crippen LogP contribution is 2.25. The maximum atomic E-state index is 13.3. The zero-order chi connectivity index (χ0) is 20.2. The van der Waals surface area contributed by atoms with Crippen LogP contribution >= 0.6 is 23.4 Å². The number of anilines is 1. The molecule has 0 aliphatic rings. The average molecular weight is 428 g/mol. The van der Waals surface area contributed by atoms with Gasteiger partial charge in [-0.3, -0.25) is 9.47 Å². The van der Waals surface area contributed by atoms with E-state index in [1.54, 1.807) is 45.8 Å². The Morgan fingerprint density at radius 2 is 1.72 bits per heavy atom. The summed E-state index contributed by atoms with van der Waals surface area (Å²) in [5.41, 5.74) is 1.38. The Balaban J connectivity index is 1.55. The van der Waals surface area contributed by atoms with Crippen molar-refractivity contribution in [3.63, 3.8) is 0 Å². The molecule has 0 radical (unpaired) electrons. The number of nitrogens with one attached hydrogen (secondary N) is 1. The largest absolute Gasteiger partial charge is 0.325 e. The Hall–Kier alpha value is -3.10. The van der Waals surface area contributed by atoms with Crippen LogP contribution in [-0.4, -0.2) is 31.2 Å². The molecule has 2 heterocycles. The van der Waals surface area contributed by atoms with Gasteiger partial charge in [-0.05, 0) is 60.7 Å². The smallest absolute Gasteiger partial charge is 0.234 e. The number of halogens is 2. The second kappa shape index (κ2) is 8.50. The SMILES string of the molecule is O=C(CSc1nnc(-c2ccc(F)cc2)n1-n1cccc1)Nc1ccc(Cl)cc1. The Morgan fingerprint density at radius 1 is 1.03 bits per heavy atom. The molecule has 0 atom stereocenters. The standard InChI is InChI=1S/C20H15ClFN5OS/c21-15-5-9-17(10-6-15)23-18(28)13-29-20-25-24-19(14-3-7-16(22)8-4-14)27(20)26-11-1-2-12-26/h1-12H,13H2,(H,23,28). The van der Waals surface area contributed by atoms with Crippen LogP contribution in [0.2, 0.25) is 5.02 Å². The van der Waals surface area contributed by atoms with Crippen molar-refractivity contribution in [3.8, 4) is 11.4 Å². The number of hydrogen-bond donors (Lipinski definition) is 1. The Labute approximate surface area is 175 Å². The van der Waals surface area contributed by atoms with E-state index >= 15 is 0 Å². The molecule has 2 aromatic heterocycles. The van der Waals surface area contributed by atoms with Crippen molar-refractivity contribution in [2.45, 2.75) is 5.16 Å². The van der Waals surface area contributed by atoms with Gasteiger partial charge in [0.15, 0.2) is 5.82 Å². The number of nitrogens with zero attached hydrogens (tertiary/aromatic N) is 4. The predicted molar refractivity (Wildman–Crippen MR) is 111 cm³/mol. The van der Waals surface area contributed by atoms with E-state index in [0.717, 1.165) is 0 Å². The zero-order valence-corrected chi connectivity index (χ0v) is 16.6. The zero-order valence-electron chi connectivity index (χ0n) is 15.0. The molecule has 9 heteroatoms.